The smallest absolute Gasteiger partial charge is 0.113 e. The third-order valence-electron chi connectivity index (χ3n) is 2.93. The van der Waals surface area contributed by atoms with Crippen molar-refractivity contribution in [3.8, 4) is 5.69 Å². The second-order valence-electron chi connectivity index (χ2n) is 3.96. The molecule has 0 spiro atoms. The van der Waals surface area contributed by atoms with Crippen LogP contribution in [0.25, 0.3) is 5.69 Å². The van der Waals surface area contributed by atoms with E-state index in [0.29, 0.717) is 0 Å². The Kier molecular flexibility index (Phi) is 1.78. The molecular weight excluding hydrogens is 186 g/mol. The second-order valence-corrected chi connectivity index (χ2v) is 3.96. The Hall–Kier alpha value is -1.77. The van der Waals surface area contributed by atoms with E-state index >= 15 is 0 Å². The monoisotopic (exact) mass is 199 g/mol. The number of anilines is 1. The van der Waals surface area contributed by atoms with E-state index in [2.05, 4.69) is 21.7 Å². The molecule has 3 nitrogen and oxygen atoms in total. The predicted molar refractivity (Wildman–Crippen MR) is 60.0 cm³/mol. The first-order chi connectivity index (χ1) is 7.34. The van der Waals surface area contributed by atoms with Crippen LogP contribution >= 0.6 is 0 Å². The maximum atomic E-state index is 5.80. The molecule has 0 radical (unpaired) electrons. The molecule has 0 atom stereocenters. The van der Waals surface area contributed by atoms with Crippen LogP contribution in [0.2, 0.25) is 0 Å². The lowest BCUT2D eigenvalue weighted by Crippen LogP contribution is -1.99. The van der Waals surface area contributed by atoms with Crippen LogP contribution in [0.5, 0.6) is 0 Å². The zero-order valence-corrected chi connectivity index (χ0v) is 8.48. The number of aromatic nitrogens is 2. The highest BCUT2D eigenvalue weighted by molar-refractivity contribution is 5.52. The lowest BCUT2D eigenvalue weighted by Gasteiger charge is -2.09. The fraction of sp³-hybridized carbons (Fsp3) is 0.250. The molecular formula is C12H13N3. The van der Waals surface area contributed by atoms with E-state index < -0.39 is 0 Å². The van der Waals surface area contributed by atoms with Crippen molar-refractivity contribution in [3.05, 3.63) is 42.0 Å². The van der Waals surface area contributed by atoms with Gasteiger partial charge in [-0.25, -0.2) is 4.98 Å². The zero-order valence-electron chi connectivity index (χ0n) is 8.48. The van der Waals surface area contributed by atoms with Gasteiger partial charge in [0, 0.05) is 24.5 Å². The minimum Gasteiger partial charge on any atom is -0.399 e. The predicted octanol–water partition coefficient (Wildman–Crippen LogP) is 1.94. The van der Waals surface area contributed by atoms with Gasteiger partial charge in [0.2, 0.25) is 0 Å². The Morgan fingerprint density at radius 2 is 2.20 bits per heavy atom. The summed E-state index contributed by atoms with van der Waals surface area (Å²) in [4.78, 5) is 4.37. The fourth-order valence-corrected chi connectivity index (χ4v) is 2.22. The van der Waals surface area contributed by atoms with Gasteiger partial charge in [-0.1, -0.05) is 0 Å². The molecule has 2 aromatic rings. The molecule has 3 heteroatoms. The first-order valence-corrected chi connectivity index (χ1v) is 5.25. The number of benzene rings is 1. The number of aryl methyl sites for hydroxylation is 2. The fourth-order valence-electron chi connectivity index (χ4n) is 2.22. The van der Waals surface area contributed by atoms with Gasteiger partial charge in [-0.3, -0.25) is 0 Å². The van der Waals surface area contributed by atoms with Crippen molar-refractivity contribution in [2.45, 2.75) is 19.3 Å². The Balaban J connectivity index is 2.25. The van der Waals surface area contributed by atoms with Gasteiger partial charge >= 0.3 is 0 Å². The van der Waals surface area contributed by atoms with E-state index in [1.54, 1.807) is 0 Å². The molecule has 3 rings (SSSR count). The average molecular weight is 199 g/mol. The minimum absolute atomic E-state index is 0.845. The maximum Gasteiger partial charge on any atom is 0.113 e. The topological polar surface area (TPSA) is 43.8 Å². The van der Waals surface area contributed by atoms with E-state index in [-0.39, 0.29) is 0 Å². The number of rotatable bonds is 0. The van der Waals surface area contributed by atoms with Crippen LogP contribution in [0, 0.1) is 0 Å². The SMILES string of the molecule is Nc1ccc2c(c1)CCCc1nccn1-2. The molecule has 1 aromatic carbocycles. The van der Waals surface area contributed by atoms with Crippen molar-refractivity contribution >= 4 is 5.69 Å². The van der Waals surface area contributed by atoms with E-state index in [1.165, 1.54) is 11.3 Å². The van der Waals surface area contributed by atoms with Gasteiger partial charge in [0.25, 0.3) is 0 Å². The third-order valence-corrected chi connectivity index (χ3v) is 2.93. The van der Waals surface area contributed by atoms with Crippen LogP contribution in [0.3, 0.4) is 0 Å². The summed E-state index contributed by atoms with van der Waals surface area (Å²) in [7, 11) is 0. The van der Waals surface area contributed by atoms with Crippen molar-refractivity contribution in [1.29, 1.82) is 0 Å². The van der Waals surface area contributed by atoms with Gasteiger partial charge in [0.1, 0.15) is 5.82 Å². The molecule has 2 heterocycles. The largest absolute Gasteiger partial charge is 0.399 e. The molecule has 0 saturated carbocycles. The van der Waals surface area contributed by atoms with Crippen molar-refractivity contribution in [2.24, 2.45) is 0 Å². The molecule has 0 unspecified atom stereocenters. The number of fused-ring (bicyclic) bond motifs is 3. The molecule has 76 valence electrons. The highest BCUT2D eigenvalue weighted by Gasteiger charge is 2.13. The normalized spacial score (nSPS) is 14.1. The summed E-state index contributed by atoms with van der Waals surface area (Å²) in [6.07, 6.45) is 7.16. The van der Waals surface area contributed by atoms with Crippen LogP contribution < -0.4 is 5.73 Å². The van der Waals surface area contributed by atoms with Gasteiger partial charge in [0.05, 0.1) is 5.69 Å². The van der Waals surface area contributed by atoms with Crippen LogP contribution in [0.1, 0.15) is 17.8 Å². The Labute approximate surface area is 88.6 Å². The van der Waals surface area contributed by atoms with E-state index in [1.807, 2.05) is 18.5 Å². The summed E-state index contributed by atoms with van der Waals surface area (Å²) in [6, 6.07) is 6.11. The lowest BCUT2D eigenvalue weighted by atomic mass is 10.1. The van der Waals surface area contributed by atoms with Crippen LogP contribution in [-0.4, -0.2) is 9.55 Å². The Morgan fingerprint density at radius 3 is 3.13 bits per heavy atom. The number of imidazole rings is 1. The van der Waals surface area contributed by atoms with Crippen LogP contribution in [0.4, 0.5) is 5.69 Å². The standard InChI is InChI=1S/C12H13N3/c13-10-4-5-11-9(8-10)2-1-3-12-14-6-7-15(11)12/h4-8H,1-3,13H2. The van der Waals surface area contributed by atoms with E-state index in [9.17, 15) is 0 Å². The van der Waals surface area contributed by atoms with E-state index in [4.69, 9.17) is 5.73 Å². The number of nitrogen functional groups attached to an aromatic ring is 1. The summed E-state index contributed by atoms with van der Waals surface area (Å²) in [5.41, 5.74) is 9.20. The first kappa shape index (κ1) is 8.53. The molecule has 0 aliphatic carbocycles. The van der Waals surface area contributed by atoms with Crippen LogP contribution in [-0.2, 0) is 12.8 Å². The summed E-state index contributed by atoms with van der Waals surface area (Å²) in [6.45, 7) is 0. The third kappa shape index (κ3) is 1.31. The molecule has 2 N–H and O–H groups in total. The molecule has 15 heavy (non-hydrogen) atoms. The highest BCUT2D eigenvalue weighted by atomic mass is 15.1. The maximum absolute atomic E-state index is 5.80. The molecule has 0 bridgehead atoms. The second kappa shape index (κ2) is 3.12. The zero-order chi connectivity index (χ0) is 10.3. The van der Waals surface area contributed by atoms with Crippen molar-refractivity contribution in [1.82, 2.24) is 9.55 Å². The summed E-state index contributed by atoms with van der Waals surface area (Å²) in [5.74, 6) is 1.15. The molecule has 1 aliphatic rings. The molecule has 0 saturated heterocycles. The first-order valence-electron chi connectivity index (χ1n) is 5.25. The van der Waals surface area contributed by atoms with Gasteiger partial charge in [0.15, 0.2) is 0 Å². The molecule has 0 amide bonds. The Bertz CT molecular complexity index is 499. The minimum atomic E-state index is 0.845. The molecule has 1 aliphatic heterocycles. The van der Waals surface area contributed by atoms with Gasteiger partial charge in [-0.15, -0.1) is 0 Å². The lowest BCUT2D eigenvalue weighted by molar-refractivity contribution is 0.790. The quantitative estimate of drug-likeness (QED) is 0.659. The number of nitrogens with zero attached hydrogens (tertiary/aromatic N) is 2. The van der Waals surface area contributed by atoms with E-state index in [0.717, 1.165) is 30.8 Å². The van der Waals surface area contributed by atoms with Gasteiger partial charge in [-0.05, 0) is 36.6 Å². The summed E-state index contributed by atoms with van der Waals surface area (Å²) >= 11 is 0. The Morgan fingerprint density at radius 1 is 1.27 bits per heavy atom. The molecule has 0 fully saturated rings. The number of hydrogen-bond donors (Lipinski definition) is 1. The van der Waals surface area contributed by atoms with Crippen LogP contribution in [0.15, 0.2) is 30.6 Å². The number of hydrogen-bond acceptors (Lipinski definition) is 2. The van der Waals surface area contributed by atoms with Gasteiger partial charge in [-0.2, -0.15) is 0 Å². The van der Waals surface area contributed by atoms with Crippen molar-refractivity contribution in [3.63, 3.8) is 0 Å². The number of nitrogens with two attached hydrogens (primary N) is 1. The van der Waals surface area contributed by atoms with Crippen molar-refractivity contribution in [2.75, 3.05) is 5.73 Å². The summed E-state index contributed by atoms with van der Waals surface area (Å²) < 4.78 is 2.17. The van der Waals surface area contributed by atoms with Gasteiger partial charge < -0.3 is 10.3 Å². The summed E-state index contributed by atoms with van der Waals surface area (Å²) in [5, 5.41) is 0. The van der Waals surface area contributed by atoms with Crippen molar-refractivity contribution < 1.29 is 0 Å². The molecule has 1 aromatic heterocycles. The average Bonchev–Trinajstić information content (AvgIpc) is 2.61. The highest BCUT2D eigenvalue weighted by Crippen LogP contribution is 2.24.